The molecule has 0 spiro atoms. The van der Waals surface area contributed by atoms with Crippen LogP contribution in [0.2, 0.25) is 0 Å². The molecule has 1 saturated carbocycles. The summed E-state index contributed by atoms with van der Waals surface area (Å²) in [7, 11) is 0. The summed E-state index contributed by atoms with van der Waals surface area (Å²) in [5.41, 5.74) is 0. The van der Waals surface area contributed by atoms with Gasteiger partial charge in [-0.15, -0.1) is 23.2 Å². The fourth-order valence-electron chi connectivity index (χ4n) is 0.468. The van der Waals surface area contributed by atoms with Crippen molar-refractivity contribution < 1.29 is 5.11 Å². The summed E-state index contributed by atoms with van der Waals surface area (Å²) < 4.78 is -0.589. The van der Waals surface area contributed by atoms with Gasteiger partial charge in [-0.25, -0.2) is 0 Å². The summed E-state index contributed by atoms with van der Waals surface area (Å²) in [5, 5.41) is 8.37. The van der Waals surface area contributed by atoms with E-state index in [4.69, 9.17) is 28.3 Å². The highest BCUT2D eigenvalue weighted by atomic mass is 35.5. The lowest BCUT2D eigenvalue weighted by molar-refractivity contribution is 0.275. The standard InChI is InChI=1S/C4H6Cl2O/c5-4(6)1-3(4)2-7/h3,7H,1-2H2/t3-/m1/s1. The smallest absolute Gasteiger partial charge is 0.123 e. The second-order valence-corrected chi connectivity index (χ2v) is 3.39. The maximum Gasteiger partial charge on any atom is 0.123 e. The van der Waals surface area contributed by atoms with Gasteiger partial charge in [0.25, 0.3) is 0 Å². The van der Waals surface area contributed by atoms with Gasteiger partial charge in [-0.3, -0.25) is 0 Å². The number of aliphatic hydroxyl groups excluding tert-OH is 1. The Hall–Kier alpha value is 0.540. The summed E-state index contributed by atoms with van der Waals surface area (Å²) in [5.74, 6) is 0.135. The minimum atomic E-state index is -0.589. The van der Waals surface area contributed by atoms with Crippen molar-refractivity contribution in [3.05, 3.63) is 0 Å². The second-order valence-electron chi connectivity index (χ2n) is 1.84. The molecule has 0 aliphatic heterocycles. The third kappa shape index (κ3) is 1.01. The Morgan fingerprint density at radius 3 is 2.14 bits per heavy atom. The molecule has 1 aliphatic rings. The first kappa shape index (κ1) is 5.67. The Kier molecular flexibility index (Phi) is 1.22. The van der Waals surface area contributed by atoms with Crippen LogP contribution < -0.4 is 0 Å². The Morgan fingerprint density at radius 2 is 2.14 bits per heavy atom. The van der Waals surface area contributed by atoms with Crippen molar-refractivity contribution in [2.75, 3.05) is 6.61 Å². The zero-order valence-electron chi connectivity index (χ0n) is 3.69. The van der Waals surface area contributed by atoms with E-state index in [1.807, 2.05) is 0 Å². The van der Waals surface area contributed by atoms with Crippen LogP contribution in [0.15, 0.2) is 0 Å². The molecule has 3 heteroatoms. The van der Waals surface area contributed by atoms with Gasteiger partial charge in [0.15, 0.2) is 0 Å². The van der Waals surface area contributed by atoms with Gasteiger partial charge in [-0.1, -0.05) is 0 Å². The molecule has 42 valence electrons. The van der Waals surface area contributed by atoms with E-state index >= 15 is 0 Å². The molecular weight excluding hydrogens is 135 g/mol. The van der Waals surface area contributed by atoms with Crippen LogP contribution in [0.5, 0.6) is 0 Å². The van der Waals surface area contributed by atoms with Crippen LogP contribution in [-0.2, 0) is 0 Å². The maximum absolute atomic E-state index is 8.37. The largest absolute Gasteiger partial charge is 0.396 e. The van der Waals surface area contributed by atoms with Crippen molar-refractivity contribution in [1.82, 2.24) is 0 Å². The third-order valence-corrected chi connectivity index (χ3v) is 2.10. The number of rotatable bonds is 1. The number of hydrogen-bond donors (Lipinski definition) is 1. The fraction of sp³-hybridized carbons (Fsp3) is 1.00. The van der Waals surface area contributed by atoms with Crippen LogP contribution in [0.4, 0.5) is 0 Å². The normalized spacial score (nSPS) is 35.6. The molecule has 0 amide bonds. The van der Waals surface area contributed by atoms with Gasteiger partial charge in [0.2, 0.25) is 0 Å². The molecule has 0 saturated heterocycles. The molecule has 1 atom stereocenters. The highest BCUT2D eigenvalue weighted by molar-refractivity contribution is 6.50. The molecular formula is C4H6Cl2O. The summed E-state index contributed by atoms with van der Waals surface area (Å²) in [6.45, 7) is 0.118. The Balaban J connectivity index is 2.30. The van der Waals surface area contributed by atoms with E-state index in [0.717, 1.165) is 6.42 Å². The zero-order valence-corrected chi connectivity index (χ0v) is 5.21. The molecule has 0 unspecified atom stereocenters. The molecule has 0 aromatic heterocycles. The van der Waals surface area contributed by atoms with Crippen LogP contribution in [0, 0.1) is 5.92 Å². The topological polar surface area (TPSA) is 20.2 Å². The number of hydrogen-bond acceptors (Lipinski definition) is 1. The first-order valence-electron chi connectivity index (χ1n) is 2.15. The summed E-state index contributed by atoms with van der Waals surface area (Å²) in [6, 6.07) is 0. The van der Waals surface area contributed by atoms with E-state index in [0.29, 0.717) is 0 Å². The van der Waals surface area contributed by atoms with Crippen LogP contribution in [0.1, 0.15) is 6.42 Å². The molecule has 1 fully saturated rings. The summed E-state index contributed by atoms with van der Waals surface area (Å²) in [6.07, 6.45) is 0.743. The van der Waals surface area contributed by atoms with Crippen molar-refractivity contribution in [2.45, 2.75) is 10.8 Å². The van der Waals surface area contributed by atoms with E-state index in [9.17, 15) is 0 Å². The average Bonchev–Trinajstić information content (AvgIpc) is 2.13. The van der Waals surface area contributed by atoms with Crippen LogP contribution in [-0.4, -0.2) is 16.0 Å². The monoisotopic (exact) mass is 140 g/mol. The predicted octanol–water partition coefficient (Wildman–Crippen LogP) is 1.17. The minimum Gasteiger partial charge on any atom is -0.396 e. The number of halogens is 2. The van der Waals surface area contributed by atoms with Gasteiger partial charge >= 0.3 is 0 Å². The zero-order chi connectivity index (χ0) is 5.49. The van der Waals surface area contributed by atoms with Gasteiger partial charge in [-0.2, -0.15) is 0 Å². The minimum absolute atomic E-state index is 0.118. The Labute approximate surface area is 52.2 Å². The molecule has 0 heterocycles. The summed E-state index contributed by atoms with van der Waals surface area (Å²) >= 11 is 11.0. The lowest BCUT2D eigenvalue weighted by Gasteiger charge is -1.89. The number of alkyl halides is 2. The molecule has 7 heavy (non-hydrogen) atoms. The van der Waals surface area contributed by atoms with Crippen LogP contribution in [0.25, 0.3) is 0 Å². The van der Waals surface area contributed by atoms with Gasteiger partial charge in [0, 0.05) is 12.5 Å². The molecule has 1 rings (SSSR count). The van der Waals surface area contributed by atoms with Gasteiger partial charge in [0.1, 0.15) is 4.33 Å². The van der Waals surface area contributed by atoms with Crippen molar-refractivity contribution in [3.63, 3.8) is 0 Å². The van der Waals surface area contributed by atoms with Crippen molar-refractivity contribution in [1.29, 1.82) is 0 Å². The maximum atomic E-state index is 8.37. The van der Waals surface area contributed by atoms with Gasteiger partial charge in [0.05, 0.1) is 0 Å². The Morgan fingerprint density at radius 1 is 1.71 bits per heavy atom. The van der Waals surface area contributed by atoms with E-state index < -0.39 is 4.33 Å². The van der Waals surface area contributed by atoms with Gasteiger partial charge in [-0.05, 0) is 6.42 Å². The lowest BCUT2D eigenvalue weighted by Crippen LogP contribution is -1.93. The Bertz CT molecular complexity index is 81.8. The molecule has 1 aliphatic carbocycles. The predicted molar refractivity (Wildman–Crippen MR) is 29.6 cm³/mol. The third-order valence-electron chi connectivity index (χ3n) is 1.18. The summed E-state index contributed by atoms with van der Waals surface area (Å²) in [4.78, 5) is 0. The van der Waals surface area contributed by atoms with Gasteiger partial charge < -0.3 is 5.11 Å². The molecule has 0 aromatic rings. The fourth-order valence-corrected chi connectivity index (χ4v) is 0.978. The van der Waals surface area contributed by atoms with Crippen LogP contribution in [0.3, 0.4) is 0 Å². The van der Waals surface area contributed by atoms with Crippen molar-refractivity contribution in [2.24, 2.45) is 5.92 Å². The quantitative estimate of drug-likeness (QED) is 0.543. The average molecular weight is 141 g/mol. The first-order chi connectivity index (χ1) is 3.17. The number of aliphatic hydroxyl groups is 1. The van der Waals surface area contributed by atoms with E-state index in [1.54, 1.807) is 0 Å². The lowest BCUT2D eigenvalue weighted by atomic mass is 10.5. The van der Waals surface area contributed by atoms with Crippen LogP contribution >= 0.6 is 23.2 Å². The molecule has 1 N–H and O–H groups in total. The molecule has 0 bridgehead atoms. The highest BCUT2D eigenvalue weighted by Gasteiger charge is 2.50. The molecule has 1 nitrogen and oxygen atoms in total. The molecule has 0 aromatic carbocycles. The highest BCUT2D eigenvalue weighted by Crippen LogP contribution is 2.52. The first-order valence-corrected chi connectivity index (χ1v) is 2.91. The van der Waals surface area contributed by atoms with E-state index in [1.165, 1.54) is 0 Å². The van der Waals surface area contributed by atoms with E-state index in [2.05, 4.69) is 0 Å². The van der Waals surface area contributed by atoms with Crippen molar-refractivity contribution in [3.8, 4) is 0 Å². The SMILES string of the molecule is OC[C@H]1CC1(Cl)Cl. The van der Waals surface area contributed by atoms with E-state index in [-0.39, 0.29) is 12.5 Å². The molecule has 0 radical (unpaired) electrons. The second kappa shape index (κ2) is 1.51. The van der Waals surface area contributed by atoms with Crippen molar-refractivity contribution >= 4 is 23.2 Å².